The van der Waals surface area contributed by atoms with Gasteiger partial charge in [-0.3, -0.25) is 25.0 Å². The summed E-state index contributed by atoms with van der Waals surface area (Å²) >= 11 is 5.13. The first-order valence-corrected chi connectivity index (χ1v) is 10.0. The Morgan fingerprint density at radius 2 is 1.73 bits per heavy atom. The Hall–Kier alpha value is -3.33. The van der Waals surface area contributed by atoms with Gasteiger partial charge in [0.2, 0.25) is 0 Å². The first-order chi connectivity index (χ1) is 14.3. The van der Waals surface area contributed by atoms with Crippen LogP contribution in [-0.2, 0) is 0 Å². The number of nitrogens with zero attached hydrogens (tertiary/aromatic N) is 2. The SMILES string of the molecule is CC1CCN(C(=O)c2ccc(NC(=S)NC(=O)c3ccccc3[N+](=O)[O-])cc2)CC1. The molecule has 3 rings (SSSR count). The number of hydrogen-bond donors (Lipinski definition) is 2. The van der Waals surface area contributed by atoms with E-state index in [2.05, 4.69) is 17.6 Å². The van der Waals surface area contributed by atoms with Crippen LogP contribution < -0.4 is 10.6 Å². The molecule has 156 valence electrons. The molecular weight excluding hydrogens is 404 g/mol. The number of benzene rings is 2. The van der Waals surface area contributed by atoms with Gasteiger partial charge in [-0.1, -0.05) is 19.1 Å². The Labute approximate surface area is 179 Å². The van der Waals surface area contributed by atoms with E-state index < -0.39 is 10.8 Å². The van der Waals surface area contributed by atoms with E-state index in [9.17, 15) is 19.7 Å². The molecule has 0 saturated carbocycles. The second kappa shape index (κ2) is 9.45. The van der Waals surface area contributed by atoms with Crippen LogP contribution in [0.2, 0.25) is 0 Å². The van der Waals surface area contributed by atoms with Crippen molar-refractivity contribution in [2.45, 2.75) is 19.8 Å². The van der Waals surface area contributed by atoms with Gasteiger partial charge in [0, 0.05) is 30.4 Å². The van der Waals surface area contributed by atoms with E-state index in [1.807, 2.05) is 4.90 Å². The fourth-order valence-electron chi connectivity index (χ4n) is 3.25. The van der Waals surface area contributed by atoms with Gasteiger partial charge in [0.1, 0.15) is 5.56 Å². The van der Waals surface area contributed by atoms with Crippen LogP contribution in [0.1, 0.15) is 40.5 Å². The van der Waals surface area contributed by atoms with E-state index >= 15 is 0 Å². The second-order valence-electron chi connectivity index (χ2n) is 7.23. The number of rotatable bonds is 4. The predicted octanol–water partition coefficient (Wildman–Crippen LogP) is 3.59. The second-order valence-corrected chi connectivity index (χ2v) is 7.64. The highest BCUT2D eigenvalue weighted by Crippen LogP contribution is 2.20. The van der Waals surface area contributed by atoms with Gasteiger partial charge in [-0.05, 0) is 61.3 Å². The van der Waals surface area contributed by atoms with E-state index in [0.717, 1.165) is 25.9 Å². The number of anilines is 1. The maximum atomic E-state index is 12.6. The molecule has 30 heavy (non-hydrogen) atoms. The number of nitrogens with one attached hydrogen (secondary N) is 2. The van der Waals surface area contributed by atoms with Gasteiger partial charge in [0.25, 0.3) is 17.5 Å². The number of nitro benzene ring substituents is 1. The number of para-hydroxylation sites is 1. The summed E-state index contributed by atoms with van der Waals surface area (Å²) in [4.78, 5) is 37.2. The van der Waals surface area contributed by atoms with E-state index in [1.54, 1.807) is 24.3 Å². The minimum absolute atomic E-state index is 0.000663. The van der Waals surface area contributed by atoms with Gasteiger partial charge in [0.05, 0.1) is 4.92 Å². The molecule has 9 heteroatoms. The lowest BCUT2D eigenvalue weighted by Gasteiger charge is -2.30. The number of piperidine rings is 1. The zero-order chi connectivity index (χ0) is 21.7. The predicted molar refractivity (Wildman–Crippen MR) is 118 cm³/mol. The van der Waals surface area contributed by atoms with Crippen LogP contribution in [0, 0.1) is 16.0 Å². The molecule has 2 N–H and O–H groups in total. The molecule has 0 bridgehead atoms. The Morgan fingerprint density at radius 3 is 2.37 bits per heavy atom. The smallest absolute Gasteiger partial charge is 0.282 e. The zero-order valence-corrected chi connectivity index (χ0v) is 17.3. The van der Waals surface area contributed by atoms with Gasteiger partial charge in [-0.15, -0.1) is 0 Å². The average molecular weight is 426 g/mol. The van der Waals surface area contributed by atoms with E-state index in [1.165, 1.54) is 24.3 Å². The van der Waals surface area contributed by atoms with E-state index in [4.69, 9.17) is 12.2 Å². The molecule has 1 fully saturated rings. The summed E-state index contributed by atoms with van der Waals surface area (Å²) in [6.45, 7) is 3.73. The van der Waals surface area contributed by atoms with Crippen molar-refractivity contribution in [3.05, 3.63) is 69.8 Å². The van der Waals surface area contributed by atoms with Gasteiger partial charge in [0.15, 0.2) is 5.11 Å². The average Bonchev–Trinajstić information content (AvgIpc) is 2.74. The highest BCUT2D eigenvalue weighted by molar-refractivity contribution is 7.80. The van der Waals surface area contributed by atoms with Crippen LogP contribution >= 0.6 is 12.2 Å². The van der Waals surface area contributed by atoms with Crippen molar-refractivity contribution < 1.29 is 14.5 Å². The summed E-state index contributed by atoms with van der Waals surface area (Å²) < 4.78 is 0. The zero-order valence-electron chi connectivity index (χ0n) is 16.5. The normalized spacial score (nSPS) is 14.1. The summed E-state index contributed by atoms with van der Waals surface area (Å²) in [5.74, 6) is -0.0270. The standard InChI is InChI=1S/C21H22N4O4S/c1-14-10-12-24(13-11-14)20(27)15-6-8-16(9-7-15)22-21(30)23-19(26)17-4-2-3-5-18(17)25(28)29/h2-9,14H,10-13H2,1H3,(H2,22,23,26,30). The van der Waals surface area contributed by atoms with Crippen molar-refractivity contribution in [3.8, 4) is 0 Å². The molecule has 0 unspecified atom stereocenters. The lowest BCUT2D eigenvalue weighted by atomic mass is 9.98. The number of thiocarbonyl (C=S) groups is 1. The number of likely N-dealkylation sites (tertiary alicyclic amines) is 1. The summed E-state index contributed by atoms with van der Waals surface area (Å²) in [5.41, 5.74) is 0.799. The fourth-order valence-corrected chi connectivity index (χ4v) is 3.46. The minimum atomic E-state index is -0.675. The molecule has 2 aromatic carbocycles. The number of hydrogen-bond acceptors (Lipinski definition) is 5. The third-order valence-corrected chi connectivity index (χ3v) is 5.24. The third-order valence-electron chi connectivity index (χ3n) is 5.03. The highest BCUT2D eigenvalue weighted by atomic mass is 32.1. The first-order valence-electron chi connectivity index (χ1n) is 9.60. The number of carbonyl (C=O) groups excluding carboxylic acids is 2. The Bertz CT molecular complexity index is 969. The van der Waals surface area contributed by atoms with Gasteiger partial charge in [-0.2, -0.15) is 0 Å². The lowest BCUT2D eigenvalue weighted by molar-refractivity contribution is -0.385. The molecule has 0 spiro atoms. The maximum absolute atomic E-state index is 12.6. The Balaban J connectivity index is 1.59. The van der Waals surface area contributed by atoms with Crippen molar-refractivity contribution in [2.75, 3.05) is 18.4 Å². The van der Waals surface area contributed by atoms with E-state index in [0.29, 0.717) is 17.2 Å². The van der Waals surface area contributed by atoms with Crippen molar-refractivity contribution in [3.63, 3.8) is 0 Å². The molecule has 2 aromatic rings. The van der Waals surface area contributed by atoms with Crippen molar-refractivity contribution in [2.24, 2.45) is 5.92 Å². The molecular formula is C21H22N4O4S. The molecule has 1 aliphatic rings. The maximum Gasteiger partial charge on any atom is 0.282 e. The fraction of sp³-hybridized carbons (Fsp3) is 0.286. The van der Waals surface area contributed by atoms with Crippen molar-refractivity contribution in [1.82, 2.24) is 10.2 Å². The largest absolute Gasteiger partial charge is 0.339 e. The lowest BCUT2D eigenvalue weighted by Crippen LogP contribution is -2.37. The molecule has 0 aromatic heterocycles. The molecule has 0 atom stereocenters. The van der Waals surface area contributed by atoms with Gasteiger partial charge < -0.3 is 10.2 Å². The monoisotopic (exact) mass is 426 g/mol. The van der Waals surface area contributed by atoms with Crippen LogP contribution in [0.25, 0.3) is 0 Å². The summed E-state index contributed by atoms with van der Waals surface area (Å²) in [5, 5.41) is 16.4. The minimum Gasteiger partial charge on any atom is -0.339 e. The molecule has 2 amide bonds. The van der Waals surface area contributed by atoms with Crippen LogP contribution in [0.3, 0.4) is 0 Å². The van der Waals surface area contributed by atoms with Crippen LogP contribution in [-0.4, -0.2) is 39.8 Å². The van der Waals surface area contributed by atoms with E-state index in [-0.39, 0.29) is 22.3 Å². The number of carbonyl (C=O) groups is 2. The molecule has 1 heterocycles. The topological polar surface area (TPSA) is 105 Å². The van der Waals surface area contributed by atoms with Crippen molar-refractivity contribution in [1.29, 1.82) is 0 Å². The molecule has 0 aliphatic carbocycles. The molecule has 8 nitrogen and oxygen atoms in total. The van der Waals surface area contributed by atoms with Gasteiger partial charge >= 0.3 is 0 Å². The Kier molecular flexibility index (Phi) is 6.73. The van der Waals surface area contributed by atoms with Crippen LogP contribution in [0.15, 0.2) is 48.5 Å². The summed E-state index contributed by atoms with van der Waals surface area (Å²) in [7, 11) is 0. The highest BCUT2D eigenvalue weighted by Gasteiger charge is 2.22. The number of nitro groups is 1. The van der Waals surface area contributed by atoms with Gasteiger partial charge in [-0.25, -0.2) is 0 Å². The number of amides is 2. The molecule has 0 radical (unpaired) electrons. The Morgan fingerprint density at radius 1 is 1.10 bits per heavy atom. The quantitative estimate of drug-likeness (QED) is 0.440. The third kappa shape index (κ3) is 5.18. The molecule has 1 saturated heterocycles. The first kappa shape index (κ1) is 21.4. The van der Waals surface area contributed by atoms with Crippen molar-refractivity contribution >= 4 is 40.5 Å². The summed E-state index contributed by atoms with van der Waals surface area (Å²) in [6.07, 6.45) is 2.03. The van der Waals surface area contributed by atoms with Crippen LogP contribution in [0.4, 0.5) is 11.4 Å². The summed E-state index contributed by atoms with van der Waals surface area (Å²) in [6, 6.07) is 12.4. The van der Waals surface area contributed by atoms with Crippen LogP contribution in [0.5, 0.6) is 0 Å². The molecule has 1 aliphatic heterocycles.